The van der Waals surface area contributed by atoms with Gasteiger partial charge in [0, 0.05) is 12.4 Å². The van der Waals surface area contributed by atoms with Gasteiger partial charge in [-0.15, -0.1) is 0 Å². The summed E-state index contributed by atoms with van der Waals surface area (Å²) >= 11 is 5.28. The molecule has 0 N–H and O–H groups in total. The van der Waals surface area contributed by atoms with Gasteiger partial charge in [-0.2, -0.15) is 13.9 Å². The third-order valence-electron chi connectivity index (χ3n) is 4.07. The molecule has 6 nitrogen and oxygen atoms in total. The zero-order valence-corrected chi connectivity index (χ0v) is 17.1. The monoisotopic (exact) mass is 413 g/mol. The van der Waals surface area contributed by atoms with Crippen molar-refractivity contribution in [2.75, 3.05) is 7.11 Å². The van der Waals surface area contributed by atoms with E-state index >= 15 is 0 Å². The Kier molecular flexibility index (Phi) is 6.54. The molecule has 0 radical (unpaired) electrons. The number of hydrogen-bond donors (Lipinski definition) is 0. The smallest absolute Gasteiger partial charge is 0.365 e. The summed E-state index contributed by atoms with van der Waals surface area (Å²) in [7, 11) is 1.07. The molecule has 0 aromatic carbocycles. The van der Waals surface area contributed by atoms with E-state index in [9.17, 15) is 18.4 Å². The number of hydrogen-bond acceptors (Lipinski definition) is 5. The molecule has 2 aromatic rings. The Bertz CT molecular complexity index is 876. The summed E-state index contributed by atoms with van der Waals surface area (Å²) in [6.45, 7) is 7.12. The second-order valence-corrected chi connectivity index (χ2v) is 7.55. The quantitative estimate of drug-likeness (QED) is 0.519. The van der Waals surface area contributed by atoms with Crippen LogP contribution in [-0.2, 0) is 16.5 Å². The van der Waals surface area contributed by atoms with Gasteiger partial charge < -0.3 is 4.74 Å². The number of methoxy groups -OCH3 is 1. The molecule has 0 saturated carbocycles. The molecule has 0 saturated heterocycles. The van der Waals surface area contributed by atoms with E-state index in [1.807, 2.05) is 13.8 Å². The van der Waals surface area contributed by atoms with Crippen LogP contribution in [0.3, 0.4) is 0 Å². The molecule has 0 unspecified atom stereocenters. The van der Waals surface area contributed by atoms with Crippen LogP contribution >= 0.6 is 11.6 Å². The molecule has 0 spiro atoms. The van der Waals surface area contributed by atoms with Crippen LogP contribution in [0.4, 0.5) is 8.78 Å². The van der Waals surface area contributed by atoms with Crippen LogP contribution in [0.1, 0.15) is 71.3 Å². The van der Waals surface area contributed by atoms with Crippen LogP contribution in [-0.4, -0.2) is 33.8 Å². The Morgan fingerprint density at radius 1 is 1.25 bits per heavy atom. The van der Waals surface area contributed by atoms with Gasteiger partial charge in [-0.25, -0.2) is 14.5 Å². The highest BCUT2D eigenvalue weighted by molar-refractivity contribution is 6.22. The number of nitrogens with zero attached hydrogens (tertiary/aromatic N) is 3. The molecular weight excluding hydrogens is 392 g/mol. The predicted octanol–water partition coefficient (Wildman–Crippen LogP) is 4.36. The fourth-order valence-electron chi connectivity index (χ4n) is 2.95. The lowest BCUT2D eigenvalue weighted by atomic mass is 9.88. The Morgan fingerprint density at radius 2 is 1.89 bits per heavy atom. The van der Waals surface area contributed by atoms with Crippen molar-refractivity contribution in [3.8, 4) is 0 Å². The van der Waals surface area contributed by atoms with Gasteiger partial charge in [0.15, 0.2) is 0 Å². The highest BCUT2D eigenvalue weighted by Gasteiger charge is 2.40. The molecule has 0 amide bonds. The molecular formula is C19H22ClF2N3O3. The average Bonchev–Trinajstić information content (AvgIpc) is 3.12. The molecule has 28 heavy (non-hydrogen) atoms. The van der Waals surface area contributed by atoms with E-state index < -0.39 is 28.5 Å². The minimum atomic E-state index is -3.91. The minimum absolute atomic E-state index is 0.0493. The van der Waals surface area contributed by atoms with E-state index in [0.29, 0.717) is 0 Å². The van der Waals surface area contributed by atoms with E-state index in [0.717, 1.165) is 11.8 Å². The predicted molar refractivity (Wildman–Crippen MR) is 99.9 cm³/mol. The van der Waals surface area contributed by atoms with Crippen LogP contribution < -0.4 is 0 Å². The lowest BCUT2D eigenvalue weighted by molar-refractivity contribution is 0.0560. The lowest BCUT2D eigenvalue weighted by Crippen LogP contribution is -2.27. The number of carbonyl (C=O) groups is 2. The Balaban J connectivity index is 2.99. The molecule has 2 aromatic heterocycles. The molecule has 2 heterocycles. The Hall–Kier alpha value is -2.35. The highest BCUT2D eigenvalue weighted by atomic mass is 35.5. The molecule has 152 valence electrons. The summed E-state index contributed by atoms with van der Waals surface area (Å²) in [5.74, 6) is -2.02. The fourth-order valence-corrected chi connectivity index (χ4v) is 3.09. The van der Waals surface area contributed by atoms with Crippen molar-refractivity contribution < 1.29 is 23.1 Å². The number of aromatic nitrogens is 3. The van der Waals surface area contributed by atoms with Gasteiger partial charge in [0.1, 0.15) is 5.69 Å². The summed E-state index contributed by atoms with van der Waals surface area (Å²) in [6, 6.07) is 1.56. The lowest BCUT2D eigenvalue weighted by Gasteiger charge is -2.23. The molecule has 9 heteroatoms. The second kappa shape index (κ2) is 8.34. The summed E-state index contributed by atoms with van der Waals surface area (Å²) in [4.78, 5) is 29.6. The number of esters is 1. The van der Waals surface area contributed by atoms with Crippen molar-refractivity contribution in [1.29, 1.82) is 0 Å². The van der Waals surface area contributed by atoms with Crippen LogP contribution in [0.2, 0.25) is 0 Å². The van der Waals surface area contributed by atoms with Crippen LogP contribution in [0, 0.1) is 5.92 Å². The van der Waals surface area contributed by atoms with E-state index in [4.69, 9.17) is 16.3 Å². The van der Waals surface area contributed by atoms with Crippen molar-refractivity contribution in [3.05, 3.63) is 46.5 Å². The number of rotatable bonds is 6. The molecule has 2 rings (SSSR count). The summed E-state index contributed by atoms with van der Waals surface area (Å²) in [5, 5.41) is 0.0175. The number of alkyl halides is 3. The highest BCUT2D eigenvalue weighted by Crippen LogP contribution is 2.39. The first-order chi connectivity index (χ1) is 13.0. The first-order valence-electron chi connectivity index (χ1n) is 8.75. The topological polar surface area (TPSA) is 74.1 Å². The largest absolute Gasteiger partial charge is 0.465 e. The minimum Gasteiger partial charge on any atom is -0.465 e. The number of pyridine rings is 1. The third-order valence-corrected chi connectivity index (χ3v) is 4.25. The molecule has 0 atom stereocenters. The standard InChI is InChI=1S/C19H22ClF2N3O3/c1-10(2)9-12-13(17(26)25-8-6-7-23-25)15(11(3)4)24-16(19(20,21)22)14(12)18(27)28-5/h6-8,10-11H,9H2,1-5H3. The van der Waals surface area contributed by atoms with Crippen molar-refractivity contribution in [1.82, 2.24) is 14.8 Å². The summed E-state index contributed by atoms with van der Waals surface area (Å²) in [6.07, 6.45) is 3.04. The van der Waals surface area contributed by atoms with Gasteiger partial charge in [0.05, 0.1) is 23.9 Å². The van der Waals surface area contributed by atoms with Gasteiger partial charge in [0.2, 0.25) is 0 Å². The zero-order chi connectivity index (χ0) is 21.2. The van der Waals surface area contributed by atoms with E-state index in [1.165, 1.54) is 12.4 Å². The average molecular weight is 414 g/mol. The number of carbonyl (C=O) groups excluding carboxylic acids is 2. The Morgan fingerprint density at radius 3 is 2.32 bits per heavy atom. The maximum Gasteiger partial charge on any atom is 0.365 e. The van der Waals surface area contributed by atoms with E-state index in [1.54, 1.807) is 19.9 Å². The van der Waals surface area contributed by atoms with E-state index in [2.05, 4.69) is 10.1 Å². The van der Waals surface area contributed by atoms with E-state index in [-0.39, 0.29) is 35.1 Å². The van der Waals surface area contributed by atoms with Crippen LogP contribution in [0.15, 0.2) is 18.5 Å². The van der Waals surface area contributed by atoms with Gasteiger partial charge in [-0.05, 0) is 41.5 Å². The molecule has 0 aliphatic heterocycles. The fraction of sp³-hybridized carbons (Fsp3) is 0.474. The van der Waals surface area contributed by atoms with Gasteiger partial charge in [-0.3, -0.25) is 4.79 Å². The van der Waals surface area contributed by atoms with Crippen LogP contribution in [0.5, 0.6) is 0 Å². The third kappa shape index (κ3) is 4.38. The molecule has 0 fully saturated rings. The van der Waals surface area contributed by atoms with Crippen molar-refractivity contribution in [2.45, 2.75) is 45.4 Å². The van der Waals surface area contributed by atoms with Gasteiger partial charge in [-0.1, -0.05) is 27.7 Å². The van der Waals surface area contributed by atoms with Crippen molar-refractivity contribution in [2.24, 2.45) is 5.92 Å². The normalized spacial score (nSPS) is 11.9. The maximum absolute atomic E-state index is 14.2. The number of halogens is 3. The van der Waals surface area contributed by atoms with Gasteiger partial charge in [0.25, 0.3) is 5.91 Å². The van der Waals surface area contributed by atoms with Crippen molar-refractivity contribution >= 4 is 23.5 Å². The van der Waals surface area contributed by atoms with Crippen molar-refractivity contribution in [3.63, 3.8) is 0 Å². The van der Waals surface area contributed by atoms with Gasteiger partial charge >= 0.3 is 11.4 Å². The first kappa shape index (κ1) is 21.9. The second-order valence-electron chi connectivity index (χ2n) is 7.07. The molecule has 0 bridgehead atoms. The van der Waals surface area contributed by atoms with Crippen LogP contribution in [0.25, 0.3) is 0 Å². The number of ether oxygens (including phenoxy) is 1. The Labute approximate surface area is 166 Å². The summed E-state index contributed by atoms with van der Waals surface area (Å²) in [5.41, 5.74) is -1.05. The molecule has 0 aliphatic carbocycles. The summed E-state index contributed by atoms with van der Waals surface area (Å²) < 4.78 is 34.1. The first-order valence-corrected chi connectivity index (χ1v) is 9.13. The maximum atomic E-state index is 14.2. The molecule has 0 aliphatic rings. The SMILES string of the molecule is COC(=O)c1c(C(F)(F)Cl)nc(C(C)C)c(C(=O)n2cccn2)c1CC(C)C. The zero-order valence-electron chi connectivity index (χ0n) is 16.3.